The van der Waals surface area contributed by atoms with Crippen LogP contribution in [0.15, 0.2) is 23.8 Å². The third-order valence-corrected chi connectivity index (χ3v) is 3.41. The molecule has 0 aliphatic heterocycles. The number of amides is 2. The normalized spacial score (nSPS) is 10.2. The molecule has 0 fully saturated rings. The lowest BCUT2D eigenvalue weighted by molar-refractivity contribution is 0.0698. The Balaban J connectivity index is 1.80. The fourth-order valence-electron chi connectivity index (χ4n) is 1.64. The van der Waals surface area contributed by atoms with Gasteiger partial charge in [-0.15, -0.1) is 11.3 Å². The molecule has 0 aromatic carbocycles. The number of nitrogens with one attached hydrogen (secondary N) is 2. The monoisotopic (exact) mass is 294 g/mol. The first-order valence-electron chi connectivity index (χ1n) is 5.89. The Bertz CT molecular complexity index is 620. The predicted octanol–water partition coefficient (Wildman–Crippen LogP) is 1.54. The Kier molecular flexibility index (Phi) is 4.36. The lowest BCUT2D eigenvalue weighted by atomic mass is 10.2. The molecule has 0 radical (unpaired) electrons. The minimum Gasteiger partial charge on any atom is -0.478 e. The molecule has 0 aliphatic carbocycles. The van der Waals surface area contributed by atoms with Crippen LogP contribution in [0.5, 0.6) is 0 Å². The van der Waals surface area contributed by atoms with Gasteiger partial charge in [0.25, 0.3) is 0 Å². The maximum atomic E-state index is 11.7. The largest absolute Gasteiger partial charge is 0.478 e. The molecule has 2 amide bonds. The molecule has 3 N–H and O–H groups in total. The van der Waals surface area contributed by atoms with Crippen LogP contribution in [0.4, 0.5) is 9.80 Å². The Morgan fingerprint density at radius 2 is 2.30 bits per heavy atom. The van der Waals surface area contributed by atoms with Crippen molar-refractivity contribution >= 4 is 28.3 Å². The fourth-order valence-corrected chi connectivity index (χ4v) is 2.42. The first-order chi connectivity index (χ1) is 9.56. The summed E-state index contributed by atoms with van der Waals surface area (Å²) in [6.45, 7) is 0.450. The van der Waals surface area contributed by atoms with Crippen LogP contribution in [0.3, 0.4) is 0 Å². The second-order valence-electron chi connectivity index (χ2n) is 4.12. The highest BCUT2D eigenvalue weighted by molar-refractivity contribution is 7.14. The number of hydrogen-bond donors (Lipinski definition) is 3. The molecule has 8 heteroatoms. The van der Waals surface area contributed by atoms with Gasteiger partial charge in [-0.05, 0) is 23.4 Å². The average molecular weight is 294 g/mol. The summed E-state index contributed by atoms with van der Waals surface area (Å²) in [4.78, 5) is 22.5. The van der Waals surface area contributed by atoms with E-state index >= 15 is 0 Å². The quantitative estimate of drug-likeness (QED) is 0.779. The van der Waals surface area contributed by atoms with Crippen LogP contribution in [0, 0.1) is 0 Å². The van der Waals surface area contributed by atoms with Crippen molar-refractivity contribution in [1.29, 1.82) is 0 Å². The number of anilines is 1. The first kappa shape index (κ1) is 14.1. The van der Waals surface area contributed by atoms with Crippen LogP contribution >= 0.6 is 11.3 Å². The Morgan fingerprint density at radius 3 is 2.95 bits per heavy atom. The number of nitrogens with zero attached hydrogens (tertiary/aromatic N) is 2. The molecule has 0 saturated heterocycles. The molecule has 0 spiro atoms. The van der Waals surface area contributed by atoms with E-state index in [1.54, 1.807) is 16.3 Å². The SMILES string of the molecule is Cn1cc(CCNC(=O)Nc2sccc2C(=O)O)cn1. The highest BCUT2D eigenvalue weighted by Crippen LogP contribution is 2.22. The molecule has 7 nitrogen and oxygen atoms in total. The number of carboxylic acids is 1. The van der Waals surface area contributed by atoms with E-state index < -0.39 is 12.0 Å². The molecule has 0 saturated carbocycles. The van der Waals surface area contributed by atoms with Crippen LogP contribution in [0.25, 0.3) is 0 Å². The van der Waals surface area contributed by atoms with Crippen molar-refractivity contribution in [3.05, 3.63) is 35.0 Å². The average Bonchev–Trinajstić information content (AvgIpc) is 2.98. The number of aromatic nitrogens is 2. The zero-order valence-corrected chi connectivity index (χ0v) is 11.6. The maximum Gasteiger partial charge on any atom is 0.338 e. The standard InChI is InChI=1S/C12H14N4O3S/c1-16-7-8(6-14-16)2-4-13-12(19)15-10-9(11(17)18)3-5-20-10/h3,5-7H,2,4H2,1H3,(H,17,18)(H2,13,15,19). The number of aryl methyl sites for hydroxylation is 1. The van der Waals surface area contributed by atoms with Crippen molar-refractivity contribution in [1.82, 2.24) is 15.1 Å². The van der Waals surface area contributed by atoms with Gasteiger partial charge in [0.1, 0.15) is 5.00 Å². The minimum atomic E-state index is -1.06. The zero-order valence-electron chi connectivity index (χ0n) is 10.8. The summed E-state index contributed by atoms with van der Waals surface area (Å²) in [6.07, 6.45) is 4.28. The van der Waals surface area contributed by atoms with E-state index in [0.717, 1.165) is 5.56 Å². The molecule has 2 aromatic heterocycles. The maximum absolute atomic E-state index is 11.7. The number of carboxylic acid groups (broad SMARTS) is 1. The van der Waals surface area contributed by atoms with Gasteiger partial charge in [0.2, 0.25) is 0 Å². The van der Waals surface area contributed by atoms with Crippen LogP contribution in [-0.4, -0.2) is 33.4 Å². The summed E-state index contributed by atoms with van der Waals surface area (Å²) >= 11 is 1.17. The van der Waals surface area contributed by atoms with Crippen molar-refractivity contribution in [3.63, 3.8) is 0 Å². The number of rotatable bonds is 5. The highest BCUT2D eigenvalue weighted by atomic mass is 32.1. The molecule has 0 aliphatic rings. The van der Waals surface area contributed by atoms with Crippen molar-refractivity contribution in [2.45, 2.75) is 6.42 Å². The van der Waals surface area contributed by atoms with Crippen LogP contribution < -0.4 is 10.6 Å². The third kappa shape index (κ3) is 3.58. The Hall–Kier alpha value is -2.35. The highest BCUT2D eigenvalue weighted by Gasteiger charge is 2.13. The molecule has 2 aromatic rings. The third-order valence-electron chi connectivity index (χ3n) is 2.58. The van der Waals surface area contributed by atoms with Gasteiger partial charge in [-0.3, -0.25) is 10.00 Å². The van der Waals surface area contributed by atoms with Crippen LogP contribution in [0.1, 0.15) is 15.9 Å². The number of hydrogen-bond acceptors (Lipinski definition) is 4. The topological polar surface area (TPSA) is 96.2 Å². The number of carbonyl (C=O) groups excluding carboxylic acids is 1. The summed E-state index contributed by atoms with van der Waals surface area (Å²) in [5.41, 5.74) is 1.12. The van der Waals surface area contributed by atoms with Gasteiger partial charge in [0.05, 0.1) is 11.8 Å². The van der Waals surface area contributed by atoms with E-state index in [0.29, 0.717) is 18.0 Å². The van der Waals surface area contributed by atoms with Gasteiger partial charge in [0.15, 0.2) is 0 Å². The molecule has 2 heterocycles. The fraction of sp³-hybridized carbons (Fsp3) is 0.250. The van der Waals surface area contributed by atoms with E-state index in [-0.39, 0.29) is 5.56 Å². The zero-order chi connectivity index (χ0) is 14.5. The van der Waals surface area contributed by atoms with E-state index in [4.69, 9.17) is 5.11 Å². The molecule has 0 unspecified atom stereocenters. The van der Waals surface area contributed by atoms with Gasteiger partial charge in [-0.2, -0.15) is 5.10 Å². The van der Waals surface area contributed by atoms with Crippen molar-refractivity contribution in [3.8, 4) is 0 Å². The number of aromatic carboxylic acids is 1. The lowest BCUT2D eigenvalue weighted by Gasteiger charge is -2.06. The van der Waals surface area contributed by atoms with Gasteiger partial charge < -0.3 is 10.4 Å². The smallest absolute Gasteiger partial charge is 0.338 e. The number of urea groups is 1. The number of thiophene rings is 1. The summed E-state index contributed by atoms with van der Waals surface area (Å²) in [5, 5.41) is 20.1. The van der Waals surface area contributed by atoms with E-state index in [9.17, 15) is 9.59 Å². The Labute approximate surface area is 119 Å². The first-order valence-corrected chi connectivity index (χ1v) is 6.77. The van der Waals surface area contributed by atoms with Gasteiger partial charge in [-0.25, -0.2) is 9.59 Å². The molecule has 106 valence electrons. The molecule has 2 rings (SSSR count). The Morgan fingerprint density at radius 1 is 1.50 bits per heavy atom. The summed E-state index contributed by atoms with van der Waals surface area (Å²) < 4.78 is 1.69. The van der Waals surface area contributed by atoms with E-state index in [1.807, 2.05) is 13.2 Å². The van der Waals surface area contributed by atoms with Crippen LogP contribution in [-0.2, 0) is 13.5 Å². The summed E-state index contributed by atoms with van der Waals surface area (Å²) in [6, 6.07) is 1.04. The van der Waals surface area contributed by atoms with Crippen molar-refractivity contribution < 1.29 is 14.7 Å². The lowest BCUT2D eigenvalue weighted by Crippen LogP contribution is -2.30. The molecular weight excluding hydrogens is 280 g/mol. The van der Waals surface area contributed by atoms with Gasteiger partial charge in [0, 0.05) is 19.8 Å². The van der Waals surface area contributed by atoms with Gasteiger partial charge in [-0.1, -0.05) is 0 Å². The number of carbonyl (C=O) groups is 2. The molecule has 0 bridgehead atoms. The minimum absolute atomic E-state index is 0.0948. The second kappa shape index (κ2) is 6.20. The predicted molar refractivity (Wildman–Crippen MR) is 75.2 cm³/mol. The van der Waals surface area contributed by atoms with Crippen molar-refractivity contribution in [2.24, 2.45) is 7.05 Å². The van der Waals surface area contributed by atoms with E-state index in [2.05, 4.69) is 15.7 Å². The van der Waals surface area contributed by atoms with Crippen molar-refractivity contribution in [2.75, 3.05) is 11.9 Å². The van der Waals surface area contributed by atoms with Crippen LogP contribution in [0.2, 0.25) is 0 Å². The molecule has 0 atom stereocenters. The second-order valence-corrected chi connectivity index (χ2v) is 5.04. The molecular formula is C12H14N4O3S. The summed E-state index contributed by atoms with van der Waals surface area (Å²) in [7, 11) is 1.83. The summed E-state index contributed by atoms with van der Waals surface area (Å²) in [5.74, 6) is -1.06. The molecule has 20 heavy (non-hydrogen) atoms. The van der Waals surface area contributed by atoms with Gasteiger partial charge >= 0.3 is 12.0 Å². The van der Waals surface area contributed by atoms with E-state index in [1.165, 1.54) is 17.4 Å².